The highest BCUT2D eigenvalue weighted by molar-refractivity contribution is 5.93. The molecule has 1 amide bonds. The van der Waals surface area contributed by atoms with Gasteiger partial charge in [0.1, 0.15) is 5.69 Å². The summed E-state index contributed by atoms with van der Waals surface area (Å²) in [6, 6.07) is 2.97. The van der Waals surface area contributed by atoms with Gasteiger partial charge in [-0.15, -0.1) is 0 Å². The molecule has 1 heterocycles. The lowest BCUT2D eigenvalue weighted by molar-refractivity contribution is -0.117. The number of anilines is 1. The number of carboxylic acids is 1. The van der Waals surface area contributed by atoms with Crippen molar-refractivity contribution in [1.29, 1.82) is 0 Å². The number of hydrogen-bond acceptors (Lipinski definition) is 3. The van der Waals surface area contributed by atoms with Gasteiger partial charge >= 0.3 is 5.97 Å². The fraction of sp³-hybridized carbons (Fsp3) is 0.462. The van der Waals surface area contributed by atoms with E-state index in [1.54, 1.807) is 6.07 Å². The second-order valence-electron chi connectivity index (χ2n) is 4.64. The Hall–Kier alpha value is -1.91. The number of hydrogen-bond donors (Lipinski definition) is 2. The molecular weight excluding hydrogens is 232 g/mol. The normalized spacial score (nSPS) is 15.6. The lowest BCUT2D eigenvalue weighted by Crippen LogP contribution is -2.15. The van der Waals surface area contributed by atoms with Gasteiger partial charge in [-0.25, -0.2) is 9.78 Å². The molecule has 1 fully saturated rings. The van der Waals surface area contributed by atoms with Crippen molar-refractivity contribution in [2.24, 2.45) is 5.92 Å². The van der Waals surface area contributed by atoms with Crippen molar-refractivity contribution in [2.45, 2.75) is 32.1 Å². The number of carbonyl (C=O) groups is 2. The molecule has 1 aromatic rings. The van der Waals surface area contributed by atoms with Gasteiger partial charge in [0, 0.05) is 18.3 Å². The molecule has 1 aliphatic carbocycles. The van der Waals surface area contributed by atoms with Crippen LogP contribution in [0.25, 0.3) is 0 Å². The molecule has 1 aliphatic rings. The molecule has 0 atom stereocenters. The number of aromatic carboxylic acids is 1. The molecule has 0 saturated heterocycles. The first-order valence-corrected chi connectivity index (χ1v) is 6.14. The number of nitrogens with zero attached hydrogens (tertiary/aromatic N) is 1. The molecule has 2 N–H and O–H groups in total. The summed E-state index contributed by atoms with van der Waals surface area (Å²) in [5.41, 5.74) is 0.430. The Morgan fingerprint density at radius 3 is 2.78 bits per heavy atom. The van der Waals surface area contributed by atoms with Crippen molar-refractivity contribution >= 4 is 17.6 Å². The lowest BCUT2D eigenvalue weighted by Gasteiger charge is -2.09. The van der Waals surface area contributed by atoms with Crippen LogP contribution >= 0.6 is 0 Å². The Morgan fingerprint density at radius 1 is 1.39 bits per heavy atom. The summed E-state index contributed by atoms with van der Waals surface area (Å²) in [5.74, 6) is -0.669. The van der Waals surface area contributed by atoms with E-state index < -0.39 is 5.97 Å². The van der Waals surface area contributed by atoms with E-state index in [1.807, 2.05) is 0 Å². The number of rotatable bonds is 4. The molecule has 0 bridgehead atoms. The molecule has 1 saturated carbocycles. The number of aromatic nitrogens is 1. The number of carboxylic acid groups (broad SMARTS) is 1. The Labute approximate surface area is 105 Å². The third-order valence-electron chi connectivity index (χ3n) is 3.21. The van der Waals surface area contributed by atoms with Crippen LogP contribution in [0.2, 0.25) is 0 Å². The van der Waals surface area contributed by atoms with E-state index in [9.17, 15) is 9.59 Å². The van der Waals surface area contributed by atoms with Crippen LogP contribution in [0.15, 0.2) is 18.3 Å². The minimum atomic E-state index is -1.10. The summed E-state index contributed by atoms with van der Waals surface area (Å²) >= 11 is 0. The van der Waals surface area contributed by atoms with Crippen LogP contribution in [0.3, 0.4) is 0 Å². The molecule has 96 valence electrons. The molecule has 18 heavy (non-hydrogen) atoms. The van der Waals surface area contributed by atoms with Crippen LogP contribution < -0.4 is 5.32 Å². The van der Waals surface area contributed by atoms with Crippen LogP contribution in [0, 0.1) is 5.92 Å². The molecule has 0 aromatic carbocycles. The van der Waals surface area contributed by atoms with E-state index in [0.29, 0.717) is 18.0 Å². The third-order valence-corrected chi connectivity index (χ3v) is 3.21. The molecule has 0 radical (unpaired) electrons. The zero-order chi connectivity index (χ0) is 13.0. The Kier molecular flexibility index (Phi) is 3.92. The SMILES string of the molecule is O=C(CC1CCCC1)Nc1ccnc(C(=O)O)c1. The fourth-order valence-corrected chi connectivity index (χ4v) is 2.31. The Morgan fingerprint density at radius 2 is 2.11 bits per heavy atom. The predicted octanol–water partition coefficient (Wildman–Crippen LogP) is 2.30. The van der Waals surface area contributed by atoms with E-state index >= 15 is 0 Å². The number of amides is 1. The molecule has 0 spiro atoms. The van der Waals surface area contributed by atoms with Crippen molar-refractivity contribution < 1.29 is 14.7 Å². The first kappa shape index (κ1) is 12.5. The van der Waals surface area contributed by atoms with Crippen LogP contribution in [0.5, 0.6) is 0 Å². The first-order chi connectivity index (χ1) is 8.65. The Bertz CT molecular complexity index is 453. The van der Waals surface area contributed by atoms with Crippen LogP contribution in [-0.2, 0) is 4.79 Å². The van der Waals surface area contributed by atoms with Crippen molar-refractivity contribution in [3.63, 3.8) is 0 Å². The minimum Gasteiger partial charge on any atom is -0.477 e. The van der Waals surface area contributed by atoms with Crippen molar-refractivity contribution in [2.75, 3.05) is 5.32 Å². The fourth-order valence-electron chi connectivity index (χ4n) is 2.31. The minimum absolute atomic E-state index is 0.0514. The lowest BCUT2D eigenvalue weighted by atomic mass is 10.0. The zero-order valence-electron chi connectivity index (χ0n) is 10.1. The number of carbonyl (C=O) groups excluding carboxylic acids is 1. The highest BCUT2D eigenvalue weighted by Crippen LogP contribution is 2.27. The molecule has 0 unspecified atom stereocenters. The first-order valence-electron chi connectivity index (χ1n) is 6.14. The summed E-state index contributed by atoms with van der Waals surface area (Å²) in [4.78, 5) is 26.2. The van der Waals surface area contributed by atoms with E-state index in [-0.39, 0.29) is 11.6 Å². The van der Waals surface area contributed by atoms with Crippen LogP contribution in [0.4, 0.5) is 5.69 Å². The maximum Gasteiger partial charge on any atom is 0.354 e. The second-order valence-corrected chi connectivity index (χ2v) is 4.64. The monoisotopic (exact) mass is 248 g/mol. The summed E-state index contributed by atoms with van der Waals surface area (Å²) < 4.78 is 0. The number of nitrogens with one attached hydrogen (secondary N) is 1. The molecule has 5 nitrogen and oxygen atoms in total. The second kappa shape index (κ2) is 5.62. The van der Waals surface area contributed by atoms with Gasteiger partial charge in [-0.1, -0.05) is 12.8 Å². The van der Waals surface area contributed by atoms with Gasteiger partial charge < -0.3 is 10.4 Å². The van der Waals surface area contributed by atoms with E-state index in [0.717, 1.165) is 12.8 Å². The summed E-state index contributed by atoms with van der Waals surface area (Å²) in [6.45, 7) is 0. The summed E-state index contributed by atoms with van der Waals surface area (Å²) in [5, 5.41) is 11.5. The van der Waals surface area contributed by atoms with Gasteiger partial charge in [0.05, 0.1) is 0 Å². The van der Waals surface area contributed by atoms with Gasteiger partial charge in [-0.2, -0.15) is 0 Å². The zero-order valence-corrected chi connectivity index (χ0v) is 10.1. The highest BCUT2D eigenvalue weighted by Gasteiger charge is 2.18. The third kappa shape index (κ3) is 3.29. The van der Waals surface area contributed by atoms with Gasteiger partial charge in [0.25, 0.3) is 0 Å². The maximum absolute atomic E-state index is 11.8. The molecule has 5 heteroatoms. The molecule has 1 aromatic heterocycles. The standard InChI is InChI=1S/C13H16N2O3/c16-12(7-9-3-1-2-4-9)15-10-5-6-14-11(8-10)13(17)18/h5-6,8-9H,1-4,7H2,(H,17,18)(H,14,15,16). The maximum atomic E-state index is 11.8. The number of pyridine rings is 1. The molecule has 0 aliphatic heterocycles. The summed E-state index contributed by atoms with van der Waals surface area (Å²) in [7, 11) is 0. The topological polar surface area (TPSA) is 79.3 Å². The predicted molar refractivity (Wildman–Crippen MR) is 66.4 cm³/mol. The van der Waals surface area contributed by atoms with Crippen LogP contribution in [0.1, 0.15) is 42.6 Å². The largest absolute Gasteiger partial charge is 0.477 e. The quantitative estimate of drug-likeness (QED) is 0.856. The van der Waals surface area contributed by atoms with Crippen molar-refractivity contribution in [3.8, 4) is 0 Å². The highest BCUT2D eigenvalue weighted by atomic mass is 16.4. The smallest absolute Gasteiger partial charge is 0.354 e. The van der Waals surface area contributed by atoms with Gasteiger partial charge in [-0.05, 0) is 30.9 Å². The van der Waals surface area contributed by atoms with Crippen LogP contribution in [-0.4, -0.2) is 22.0 Å². The van der Waals surface area contributed by atoms with E-state index in [2.05, 4.69) is 10.3 Å². The van der Waals surface area contributed by atoms with Gasteiger partial charge in [0.2, 0.25) is 5.91 Å². The molecule has 2 rings (SSSR count). The van der Waals surface area contributed by atoms with E-state index in [1.165, 1.54) is 25.1 Å². The van der Waals surface area contributed by atoms with Crippen molar-refractivity contribution in [1.82, 2.24) is 4.98 Å². The van der Waals surface area contributed by atoms with E-state index in [4.69, 9.17) is 5.11 Å². The molecular formula is C13H16N2O3. The average molecular weight is 248 g/mol. The van der Waals surface area contributed by atoms with Crippen molar-refractivity contribution in [3.05, 3.63) is 24.0 Å². The average Bonchev–Trinajstić information content (AvgIpc) is 2.82. The van der Waals surface area contributed by atoms with Gasteiger partial charge in [-0.3, -0.25) is 4.79 Å². The van der Waals surface area contributed by atoms with Gasteiger partial charge in [0.15, 0.2) is 0 Å². The Balaban J connectivity index is 1.93. The summed E-state index contributed by atoms with van der Waals surface area (Å²) in [6.07, 6.45) is 6.54.